The first-order valence-electron chi connectivity index (χ1n) is 5.35. The lowest BCUT2D eigenvalue weighted by Crippen LogP contribution is -2.27. The van der Waals surface area contributed by atoms with Gasteiger partial charge in [0.2, 0.25) is 0 Å². The molecule has 0 aromatic heterocycles. The maximum Gasteiger partial charge on any atom is 0.0636 e. The van der Waals surface area contributed by atoms with Crippen LogP contribution in [0.3, 0.4) is 0 Å². The number of hydrogen-bond acceptors (Lipinski definition) is 3. The Kier molecular flexibility index (Phi) is 5.12. The van der Waals surface area contributed by atoms with Gasteiger partial charge in [0, 0.05) is 34.5 Å². The van der Waals surface area contributed by atoms with E-state index in [0.29, 0.717) is 6.54 Å². The van der Waals surface area contributed by atoms with Crippen LogP contribution in [0.2, 0.25) is 0 Å². The number of rotatable bonds is 5. The average Bonchev–Trinajstić information content (AvgIpc) is 2.26. The highest BCUT2D eigenvalue weighted by atomic mass is 32.2. The normalized spacial score (nSPS) is 16.8. The van der Waals surface area contributed by atoms with Crippen LogP contribution in [0.25, 0.3) is 0 Å². The predicted octanol–water partition coefficient (Wildman–Crippen LogP) is 1.46. The molecule has 0 spiro atoms. The van der Waals surface area contributed by atoms with Gasteiger partial charge in [0.05, 0.1) is 6.10 Å². The van der Waals surface area contributed by atoms with Crippen molar-refractivity contribution in [2.45, 2.75) is 30.9 Å². The van der Waals surface area contributed by atoms with Crippen LogP contribution in [0.1, 0.15) is 25.5 Å². The number of aliphatic hydroxyl groups excluding tert-OH is 1. The summed E-state index contributed by atoms with van der Waals surface area (Å²) >= 11 is 0. The highest BCUT2D eigenvalue weighted by Gasteiger charge is 2.06. The highest BCUT2D eigenvalue weighted by Crippen LogP contribution is 2.14. The van der Waals surface area contributed by atoms with Gasteiger partial charge in [-0.3, -0.25) is 4.21 Å². The Labute approximate surface area is 99.3 Å². The third-order valence-electron chi connectivity index (χ3n) is 2.43. The van der Waals surface area contributed by atoms with E-state index in [9.17, 15) is 4.21 Å². The molecule has 1 aromatic rings. The fourth-order valence-corrected chi connectivity index (χ4v) is 1.93. The minimum absolute atomic E-state index is 0.189. The first kappa shape index (κ1) is 13.4. The number of benzene rings is 1. The van der Waals surface area contributed by atoms with Gasteiger partial charge in [-0.05, 0) is 31.5 Å². The Morgan fingerprint density at radius 1 is 1.31 bits per heavy atom. The van der Waals surface area contributed by atoms with Crippen LogP contribution in [0, 0.1) is 0 Å². The first-order chi connectivity index (χ1) is 7.50. The molecule has 0 radical (unpaired) electrons. The van der Waals surface area contributed by atoms with Gasteiger partial charge in [-0.2, -0.15) is 0 Å². The van der Waals surface area contributed by atoms with Crippen LogP contribution in [-0.2, 0) is 10.8 Å². The zero-order valence-electron chi connectivity index (χ0n) is 9.93. The number of nitrogens with one attached hydrogen (secondary N) is 1. The molecular formula is C12H19NO2S. The zero-order chi connectivity index (χ0) is 12.1. The van der Waals surface area contributed by atoms with Crippen LogP contribution < -0.4 is 5.32 Å². The average molecular weight is 241 g/mol. The van der Waals surface area contributed by atoms with Crippen molar-refractivity contribution in [3.8, 4) is 0 Å². The molecule has 0 fully saturated rings. The standard InChI is InChI=1S/C12H19NO2S/c1-9(14)8-13-10(2)11-4-6-12(7-5-11)16(3)15/h4-7,9-10,13-14H,8H2,1-3H3/t9-,10?,16?/m0/s1. The molecule has 2 unspecified atom stereocenters. The van der Waals surface area contributed by atoms with Crippen LogP contribution in [0.15, 0.2) is 29.2 Å². The lowest BCUT2D eigenvalue weighted by molar-refractivity contribution is 0.187. The summed E-state index contributed by atoms with van der Waals surface area (Å²) in [6.45, 7) is 4.37. The number of aliphatic hydroxyl groups is 1. The Hall–Kier alpha value is -0.710. The SMILES string of the molecule is CC(NC[C@H](C)O)c1ccc(S(C)=O)cc1. The minimum Gasteiger partial charge on any atom is -0.392 e. The van der Waals surface area contributed by atoms with E-state index < -0.39 is 10.8 Å². The topological polar surface area (TPSA) is 49.3 Å². The minimum atomic E-state index is -0.922. The van der Waals surface area contributed by atoms with Crippen molar-refractivity contribution in [1.82, 2.24) is 5.32 Å². The first-order valence-corrected chi connectivity index (χ1v) is 6.91. The van der Waals surface area contributed by atoms with Crippen LogP contribution in [0.4, 0.5) is 0 Å². The predicted molar refractivity (Wildman–Crippen MR) is 66.9 cm³/mol. The van der Waals surface area contributed by atoms with Crippen LogP contribution >= 0.6 is 0 Å². The zero-order valence-corrected chi connectivity index (χ0v) is 10.8. The number of hydrogen-bond donors (Lipinski definition) is 2. The molecule has 2 N–H and O–H groups in total. The van der Waals surface area contributed by atoms with Crippen molar-refractivity contribution in [3.05, 3.63) is 29.8 Å². The van der Waals surface area contributed by atoms with Gasteiger partial charge in [0.25, 0.3) is 0 Å². The summed E-state index contributed by atoms with van der Waals surface area (Å²) in [5.41, 5.74) is 1.13. The summed E-state index contributed by atoms with van der Waals surface area (Å²) in [7, 11) is -0.922. The van der Waals surface area contributed by atoms with E-state index in [-0.39, 0.29) is 12.1 Å². The van der Waals surface area contributed by atoms with Gasteiger partial charge in [-0.1, -0.05) is 12.1 Å². The van der Waals surface area contributed by atoms with Crippen molar-refractivity contribution in [2.24, 2.45) is 0 Å². The molecule has 16 heavy (non-hydrogen) atoms. The Bertz CT molecular complexity index is 349. The molecular weight excluding hydrogens is 222 g/mol. The fraction of sp³-hybridized carbons (Fsp3) is 0.500. The monoisotopic (exact) mass is 241 g/mol. The van der Waals surface area contributed by atoms with Crippen molar-refractivity contribution < 1.29 is 9.32 Å². The van der Waals surface area contributed by atoms with E-state index in [1.807, 2.05) is 31.2 Å². The molecule has 0 amide bonds. The molecule has 0 bridgehead atoms. The van der Waals surface area contributed by atoms with E-state index in [4.69, 9.17) is 5.11 Å². The largest absolute Gasteiger partial charge is 0.392 e. The van der Waals surface area contributed by atoms with Crippen molar-refractivity contribution in [3.63, 3.8) is 0 Å². The summed E-state index contributed by atoms with van der Waals surface area (Å²) in [5.74, 6) is 0. The van der Waals surface area contributed by atoms with Crippen LogP contribution in [-0.4, -0.2) is 28.2 Å². The summed E-state index contributed by atoms with van der Waals surface area (Å²) in [4.78, 5) is 0.839. The molecule has 0 aliphatic carbocycles. The second kappa shape index (κ2) is 6.13. The molecule has 90 valence electrons. The highest BCUT2D eigenvalue weighted by molar-refractivity contribution is 7.84. The van der Waals surface area contributed by atoms with Gasteiger partial charge in [-0.15, -0.1) is 0 Å². The van der Waals surface area contributed by atoms with Gasteiger partial charge in [0.1, 0.15) is 0 Å². The molecule has 0 saturated carbocycles. The van der Waals surface area contributed by atoms with E-state index in [1.54, 1.807) is 13.2 Å². The van der Waals surface area contributed by atoms with Crippen molar-refractivity contribution in [2.75, 3.05) is 12.8 Å². The quantitative estimate of drug-likeness (QED) is 0.820. The van der Waals surface area contributed by atoms with E-state index in [2.05, 4.69) is 5.32 Å². The molecule has 0 saturated heterocycles. The molecule has 1 aromatic carbocycles. The van der Waals surface area contributed by atoms with E-state index in [1.165, 1.54) is 0 Å². The Balaban J connectivity index is 2.63. The maximum atomic E-state index is 11.2. The summed E-state index contributed by atoms with van der Waals surface area (Å²) in [6.07, 6.45) is 1.33. The second-order valence-corrected chi connectivity index (χ2v) is 5.38. The molecule has 1 rings (SSSR count). The summed E-state index contributed by atoms with van der Waals surface area (Å²) in [5, 5.41) is 12.4. The smallest absolute Gasteiger partial charge is 0.0636 e. The molecule has 0 heterocycles. The Morgan fingerprint density at radius 3 is 2.31 bits per heavy atom. The van der Waals surface area contributed by atoms with Gasteiger partial charge >= 0.3 is 0 Å². The summed E-state index contributed by atoms with van der Waals surface area (Å²) < 4.78 is 11.2. The lowest BCUT2D eigenvalue weighted by atomic mass is 10.1. The van der Waals surface area contributed by atoms with E-state index >= 15 is 0 Å². The third kappa shape index (κ3) is 4.04. The fourth-order valence-electron chi connectivity index (χ4n) is 1.41. The van der Waals surface area contributed by atoms with Gasteiger partial charge < -0.3 is 10.4 Å². The lowest BCUT2D eigenvalue weighted by Gasteiger charge is -2.15. The molecule has 3 atom stereocenters. The van der Waals surface area contributed by atoms with Gasteiger partial charge in [-0.25, -0.2) is 0 Å². The van der Waals surface area contributed by atoms with Crippen LogP contribution in [0.5, 0.6) is 0 Å². The van der Waals surface area contributed by atoms with E-state index in [0.717, 1.165) is 10.5 Å². The summed E-state index contributed by atoms with van der Waals surface area (Å²) in [6, 6.07) is 7.89. The molecule has 3 nitrogen and oxygen atoms in total. The molecule has 4 heteroatoms. The van der Waals surface area contributed by atoms with Crippen molar-refractivity contribution in [1.29, 1.82) is 0 Å². The molecule has 0 aliphatic rings. The van der Waals surface area contributed by atoms with Crippen molar-refractivity contribution >= 4 is 10.8 Å². The second-order valence-electron chi connectivity index (χ2n) is 4.00. The molecule has 0 aliphatic heterocycles. The third-order valence-corrected chi connectivity index (χ3v) is 3.37. The maximum absolute atomic E-state index is 11.2. The Morgan fingerprint density at radius 2 is 1.88 bits per heavy atom. The van der Waals surface area contributed by atoms with Gasteiger partial charge in [0.15, 0.2) is 0 Å².